The monoisotopic (exact) mass is 192 g/mol. The quantitative estimate of drug-likeness (QED) is 0.702. The van der Waals surface area contributed by atoms with Crippen molar-refractivity contribution in [2.45, 2.75) is 13.3 Å². The zero-order valence-electron chi connectivity index (χ0n) is 7.54. The van der Waals surface area contributed by atoms with Crippen LogP contribution >= 0.6 is 12.6 Å². The summed E-state index contributed by atoms with van der Waals surface area (Å²) in [7, 11) is 0. The second-order valence-corrected chi connectivity index (χ2v) is 3.62. The van der Waals surface area contributed by atoms with Gasteiger partial charge in [-0.1, -0.05) is 6.07 Å². The van der Waals surface area contributed by atoms with Crippen LogP contribution in [0.25, 0.3) is 11.0 Å². The molecule has 1 N–H and O–H groups in total. The van der Waals surface area contributed by atoms with E-state index in [0.717, 1.165) is 29.0 Å². The third kappa shape index (κ3) is 1.70. The number of fused-ring (bicyclic) bond motifs is 1. The number of rotatable bonds is 2. The summed E-state index contributed by atoms with van der Waals surface area (Å²) in [6.07, 6.45) is 0.900. The van der Waals surface area contributed by atoms with E-state index in [4.69, 9.17) is 0 Å². The SMILES string of the molecule is Cc1ccc2nc(CCS)[nH]c2c1. The molecule has 0 saturated carbocycles. The van der Waals surface area contributed by atoms with Crippen LogP contribution in [0.3, 0.4) is 0 Å². The maximum absolute atomic E-state index is 4.44. The average molecular weight is 192 g/mol. The van der Waals surface area contributed by atoms with Gasteiger partial charge in [-0.05, 0) is 30.4 Å². The maximum Gasteiger partial charge on any atom is 0.108 e. The van der Waals surface area contributed by atoms with Crippen LogP contribution in [0, 0.1) is 6.92 Å². The molecule has 2 rings (SSSR count). The Bertz CT molecular complexity index is 420. The summed E-state index contributed by atoms with van der Waals surface area (Å²) in [6.45, 7) is 2.08. The standard InChI is InChI=1S/C10H12N2S/c1-7-2-3-8-9(6-7)12-10(11-8)4-5-13/h2-3,6,13H,4-5H2,1H3,(H,11,12). The first kappa shape index (κ1) is 8.63. The fourth-order valence-electron chi connectivity index (χ4n) is 1.40. The Balaban J connectivity index is 2.49. The molecule has 1 aromatic heterocycles. The molecule has 3 heteroatoms. The van der Waals surface area contributed by atoms with Crippen LogP contribution in [0.4, 0.5) is 0 Å². The predicted octanol–water partition coefficient (Wildman–Crippen LogP) is 2.34. The number of thiol groups is 1. The van der Waals surface area contributed by atoms with E-state index in [0.29, 0.717) is 0 Å². The summed E-state index contributed by atoms with van der Waals surface area (Å²) in [5, 5.41) is 0. The van der Waals surface area contributed by atoms with E-state index in [9.17, 15) is 0 Å². The van der Waals surface area contributed by atoms with Gasteiger partial charge in [-0.15, -0.1) is 0 Å². The van der Waals surface area contributed by atoms with Gasteiger partial charge in [0.1, 0.15) is 5.82 Å². The number of nitrogens with one attached hydrogen (secondary N) is 1. The summed E-state index contributed by atoms with van der Waals surface area (Å²) >= 11 is 4.17. The number of nitrogens with zero attached hydrogens (tertiary/aromatic N) is 1. The van der Waals surface area contributed by atoms with Crippen molar-refractivity contribution in [1.29, 1.82) is 0 Å². The van der Waals surface area contributed by atoms with Gasteiger partial charge in [0, 0.05) is 6.42 Å². The van der Waals surface area contributed by atoms with Crippen LogP contribution in [0.2, 0.25) is 0 Å². The molecule has 2 nitrogen and oxygen atoms in total. The summed E-state index contributed by atoms with van der Waals surface area (Å²) in [4.78, 5) is 7.72. The Kier molecular flexibility index (Phi) is 2.27. The van der Waals surface area contributed by atoms with Crippen molar-refractivity contribution in [2.75, 3.05) is 5.75 Å². The normalized spacial score (nSPS) is 10.9. The third-order valence-electron chi connectivity index (χ3n) is 2.04. The zero-order valence-corrected chi connectivity index (χ0v) is 8.44. The van der Waals surface area contributed by atoms with Crippen LogP contribution in [0.1, 0.15) is 11.4 Å². The molecule has 0 bridgehead atoms. The van der Waals surface area contributed by atoms with Gasteiger partial charge >= 0.3 is 0 Å². The summed E-state index contributed by atoms with van der Waals surface area (Å²) in [5.41, 5.74) is 3.42. The van der Waals surface area contributed by atoms with Gasteiger partial charge in [-0.3, -0.25) is 0 Å². The highest BCUT2D eigenvalue weighted by molar-refractivity contribution is 7.80. The summed E-state index contributed by atoms with van der Waals surface area (Å²) in [5.74, 6) is 1.86. The second-order valence-electron chi connectivity index (χ2n) is 3.18. The lowest BCUT2D eigenvalue weighted by Crippen LogP contribution is -1.87. The minimum absolute atomic E-state index is 0.832. The molecule has 68 valence electrons. The molecule has 0 aliphatic rings. The van der Waals surface area contributed by atoms with Crippen molar-refractivity contribution in [3.8, 4) is 0 Å². The molecular weight excluding hydrogens is 180 g/mol. The van der Waals surface area contributed by atoms with Gasteiger partial charge in [-0.25, -0.2) is 4.98 Å². The molecule has 0 radical (unpaired) electrons. The first-order chi connectivity index (χ1) is 6.29. The van der Waals surface area contributed by atoms with Gasteiger partial charge < -0.3 is 4.98 Å². The van der Waals surface area contributed by atoms with Crippen molar-refractivity contribution in [1.82, 2.24) is 9.97 Å². The molecule has 0 unspecified atom stereocenters. The maximum atomic E-state index is 4.44. The first-order valence-corrected chi connectivity index (χ1v) is 4.99. The van der Waals surface area contributed by atoms with Gasteiger partial charge in [0.15, 0.2) is 0 Å². The summed E-state index contributed by atoms with van der Waals surface area (Å²) < 4.78 is 0. The highest BCUT2D eigenvalue weighted by Crippen LogP contribution is 2.13. The molecule has 0 aliphatic heterocycles. The van der Waals surface area contributed by atoms with Crippen LogP contribution in [-0.4, -0.2) is 15.7 Å². The largest absolute Gasteiger partial charge is 0.342 e. The first-order valence-electron chi connectivity index (χ1n) is 4.36. The Morgan fingerprint density at radius 2 is 2.31 bits per heavy atom. The smallest absolute Gasteiger partial charge is 0.108 e. The Morgan fingerprint density at radius 1 is 1.46 bits per heavy atom. The molecule has 0 atom stereocenters. The lowest BCUT2D eigenvalue weighted by molar-refractivity contribution is 1.01. The van der Waals surface area contributed by atoms with Gasteiger partial charge in [0.25, 0.3) is 0 Å². The molecule has 1 heterocycles. The van der Waals surface area contributed by atoms with Crippen molar-refractivity contribution >= 4 is 23.7 Å². The average Bonchev–Trinajstić information content (AvgIpc) is 2.46. The molecular formula is C10H12N2S. The van der Waals surface area contributed by atoms with Crippen molar-refractivity contribution in [3.05, 3.63) is 29.6 Å². The van der Waals surface area contributed by atoms with E-state index in [-0.39, 0.29) is 0 Å². The molecule has 2 aromatic rings. The van der Waals surface area contributed by atoms with Crippen LogP contribution in [0.15, 0.2) is 18.2 Å². The van der Waals surface area contributed by atoms with Crippen LogP contribution in [0.5, 0.6) is 0 Å². The van der Waals surface area contributed by atoms with E-state index in [1.807, 2.05) is 6.07 Å². The van der Waals surface area contributed by atoms with Crippen molar-refractivity contribution < 1.29 is 0 Å². The van der Waals surface area contributed by atoms with Crippen LogP contribution < -0.4 is 0 Å². The zero-order chi connectivity index (χ0) is 9.26. The Labute approximate surface area is 82.8 Å². The molecule has 0 spiro atoms. The molecule has 1 aromatic carbocycles. The summed E-state index contributed by atoms with van der Waals surface area (Å²) in [6, 6.07) is 6.24. The minimum Gasteiger partial charge on any atom is -0.342 e. The lowest BCUT2D eigenvalue weighted by Gasteiger charge is -1.89. The molecule has 0 fully saturated rings. The van der Waals surface area contributed by atoms with Crippen molar-refractivity contribution in [2.24, 2.45) is 0 Å². The predicted molar refractivity (Wildman–Crippen MR) is 58.4 cm³/mol. The molecule has 0 aliphatic carbocycles. The number of aromatic amines is 1. The van der Waals surface area contributed by atoms with E-state index in [1.165, 1.54) is 5.56 Å². The molecule has 0 amide bonds. The number of imidazole rings is 1. The number of hydrogen-bond donors (Lipinski definition) is 2. The van der Waals surface area contributed by atoms with Gasteiger partial charge in [0.05, 0.1) is 11.0 Å². The molecule has 13 heavy (non-hydrogen) atoms. The highest BCUT2D eigenvalue weighted by atomic mass is 32.1. The topological polar surface area (TPSA) is 28.7 Å². The fraction of sp³-hybridized carbons (Fsp3) is 0.300. The number of benzene rings is 1. The number of aromatic nitrogens is 2. The van der Waals surface area contributed by atoms with E-state index in [1.54, 1.807) is 0 Å². The second kappa shape index (κ2) is 3.42. The molecule has 0 saturated heterocycles. The Morgan fingerprint density at radius 3 is 3.08 bits per heavy atom. The Hall–Kier alpha value is -0.960. The fourth-order valence-corrected chi connectivity index (χ4v) is 1.61. The van der Waals surface area contributed by atoms with Gasteiger partial charge in [0.2, 0.25) is 0 Å². The lowest BCUT2D eigenvalue weighted by atomic mass is 10.2. The highest BCUT2D eigenvalue weighted by Gasteiger charge is 2.00. The van der Waals surface area contributed by atoms with Crippen molar-refractivity contribution in [3.63, 3.8) is 0 Å². The van der Waals surface area contributed by atoms with E-state index < -0.39 is 0 Å². The minimum atomic E-state index is 0.832. The third-order valence-corrected chi connectivity index (χ3v) is 2.26. The van der Waals surface area contributed by atoms with Gasteiger partial charge in [-0.2, -0.15) is 12.6 Å². The number of aryl methyl sites for hydroxylation is 2. The van der Waals surface area contributed by atoms with Crippen LogP contribution in [-0.2, 0) is 6.42 Å². The van der Waals surface area contributed by atoms with E-state index >= 15 is 0 Å². The van der Waals surface area contributed by atoms with E-state index in [2.05, 4.69) is 41.7 Å². The number of H-pyrrole nitrogens is 1. The number of hydrogen-bond acceptors (Lipinski definition) is 2.